The van der Waals surface area contributed by atoms with Gasteiger partial charge in [-0.25, -0.2) is 0 Å². The standard InChI is InChI=1S/C26H14Br2O3/c27-15-10-14-22-23(29)13-9-16(28)24-20(12-6-2-3-7-17(12)30-24)21(13)26(14,22)25-19(15)11-5-1-4-8-18(11)31-25/h1-10,14,22-23,29H. The summed E-state index contributed by atoms with van der Waals surface area (Å²) in [6.45, 7) is 0. The van der Waals surface area contributed by atoms with Crippen molar-refractivity contribution >= 4 is 69.2 Å². The Bertz CT molecular complexity index is 1660. The van der Waals surface area contributed by atoms with Crippen LogP contribution in [-0.2, 0) is 5.41 Å². The third kappa shape index (κ3) is 1.76. The largest absolute Gasteiger partial charge is 0.459 e. The first-order chi connectivity index (χ1) is 15.1. The number of benzene rings is 3. The van der Waals surface area contributed by atoms with Crippen molar-refractivity contribution in [2.45, 2.75) is 11.5 Å². The van der Waals surface area contributed by atoms with Crippen LogP contribution in [0.25, 0.3) is 37.4 Å². The maximum Gasteiger partial charge on any atom is 0.149 e. The quantitative estimate of drug-likeness (QED) is 0.225. The highest BCUT2D eigenvalue weighted by molar-refractivity contribution is 9.15. The summed E-state index contributed by atoms with van der Waals surface area (Å²) in [5.74, 6) is 1.21. The highest BCUT2D eigenvalue weighted by Gasteiger charge is 2.77. The summed E-state index contributed by atoms with van der Waals surface area (Å²) in [6, 6.07) is 18.4. The first-order valence-electron chi connectivity index (χ1n) is 10.3. The lowest BCUT2D eigenvalue weighted by atomic mass is 9.82. The minimum Gasteiger partial charge on any atom is -0.459 e. The van der Waals surface area contributed by atoms with Crippen molar-refractivity contribution in [1.82, 2.24) is 0 Å². The molecular formula is C26H14Br2O3. The summed E-state index contributed by atoms with van der Waals surface area (Å²) in [6.07, 6.45) is 1.72. The Labute approximate surface area is 193 Å². The molecule has 0 bridgehead atoms. The molecule has 0 radical (unpaired) electrons. The zero-order chi connectivity index (χ0) is 20.6. The lowest BCUT2D eigenvalue weighted by molar-refractivity contribution is 0.153. The molecule has 0 aliphatic heterocycles. The van der Waals surface area contributed by atoms with Crippen molar-refractivity contribution in [1.29, 1.82) is 0 Å². The summed E-state index contributed by atoms with van der Waals surface area (Å²) in [4.78, 5) is 0. The maximum atomic E-state index is 11.5. The van der Waals surface area contributed by atoms with E-state index in [9.17, 15) is 5.11 Å². The molecule has 3 aliphatic carbocycles. The summed E-state index contributed by atoms with van der Waals surface area (Å²) >= 11 is 7.50. The van der Waals surface area contributed by atoms with Gasteiger partial charge in [0.1, 0.15) is 22.5 Å². The molecule has 0 saturated heterocycles. The number of hydrogen-bond acceptors (Lipinski definition) is 3. The average Bonchev–Trinajstić information content (AvgIpc) is 3.05. The number of aliphatic hydroxyl groups excluding tert-OH is 1. The van der Waals surface area contributed by atoms with Crippen molar-refractivity contribution in [2.24, 2.45) is 11.8 Å². The van der Waals surface area contributed by atoms with Gasteiger partial charge in [-0.3, -0.25) is 0 Å². The van der Waals surface area contributed by atoms with E-state index in [1.165, 1.54) is 0 Å². The van der Waals surface area contributed by atoms with E-state index >= 15 is 0 Å². The fraction of sp³-hybridized carbons (Fsp3) is 0.154. The minimum atomic E-state index is -0.551. The first-order valence-corrected chi connectivity index (χ1v) is 11.9. The van der Waals surface area contributed by atoms with Gasteiger partial charge in [0.25, 0.3) is 0 Å². The molecule has 0 amide bonds. The maximum absolute atomic E-state index is 11.5. The van der Waals surface area contributed by atoms with E-state index < -0.39 is 6.10 Å². The van der Waals surface area contributed by atoms with Crippen LogP contribution >= 0.6 is 31.9 Å². The van der Waals surface area contributed by atoms with Crippen LogP contribution in [0.2, 0.25) is 0 Å². The van der Waals surface area contributed by atoms with Crippen LogP contribution in [0.4, 0.5) is 0 Å². The van der Waals surface area contributed by atoms with Gasteiger partial charge in [0.05, 0.1) is 16.0 Å². The van der Waals surface area contributed by atoms with Crippen molar-refractivity contribution < 1.29 is 13.9 Å². The second-order valence-corrected chi connectivity index (χ2v) is 10.5. The first kappa shape index (κ1) is 17.2. The zero-order valence-electron chi connectivity index (χ0n) is 16.0. The van der Waals surface area contributed by atoms with Gasteiger partial charge in [-0.15, -0.1) is 0 Å². The summed E-state index contributed by atoms with van der Waals surface area (Å²) in [5.41, 5.74) is 5.45. The van der Waals surface area contributed by atoms with Gasteiger partial charge in [-0.05, 0) is 45.3 Å². The average molecular weight is 534 g/mol. The number of fused-ring (bicyclic) bond motifs is 9. The molecule has 5 heteroatoms. The molecule has 1 fully saturated rings. The lowest BCUT2D eigenvalue weighted by Gasteiger charge is -2.22. The third-order valence-corrected chi connectivity index (χ3v) is 8.82. The number of rotatable bonds is 0. The number of furan rings is 2. The van der Waals surface area contributed by atoms with Crippen LogP contribution in [-0.4, -0.2) is 5.11 Å². The molecular weight excluding hydrogens is 520 g/mol. The predicted octanol–water partition coefficient (Wildman–Crippen LogP) is 7.42. The van der Waals surface area contributed by atoms with Crippen LogP contribution < -0.4 is 0 Å². The molecule has 3 nitrogen and oxygen atoms in total. The van der Waals surface area contributed by atoms with E-state index in [1.807, 2.05) is 42.5 Å². The Morgan fingerprint density at radius 2 is 1.61 bits per heavy atom. The van der Waals surface area contributed by atoms with Crippen molar-refractivity contribution in [3.63, 3.8) is 0 Å². The molecule has 1 spiro atoms. The SMILES string of the molecule is OC1c2cc(Br)c3oc4ccccc4c3c2C23c4oc5ccccc5c4C(Br)=CC2C13. The zero-order valence-corrected chi connectivity index (χ0v) is 19.2. The summed E-state index contributed by atoms with van der Waals surface area (Å²) in [7, 11) is 0. The highest BCUT2D eigenvalue weighted by Crippen LogP contribution is 2.78. The Morgan fingerprint density at radius 3 is 2.42 bits per heavy atom. The molecule has 150 valence electrons. The topological polar surface area (TPSA) is 46.5 Å². The van der Waals surface area contributed by atoms with Crippen LogP contribution in [0.5, 0.6) is 0 Å². The number of allylic oxidation sites excluding steroid dienone is 1. The molecule has 2 aromatic heterocycles. The predicted molar refractivity (Wildman–Crippen MR) is 127 cm³/mol. The van der Waals surface area contributed by atoms with Crippen molar-refractivity contribution in [3.8, 4) is 0 Å². The smallest absolute Gasteiger partial charge is 0.149 e. The minimum absolute atomic E-state index is 0.0584. The summed E-state index contributed by atoms with van der Waals surface area (Å²) in [5, 5.41) is 14.7. The molecule has 2 heterocycles. The van der Waals surface area contributed by atoms with E-state index in [0.717, 1.165) is 64.3 Å². The molecule has 5 aromatic rings. The van der Waals surface area contributed by atoms with Crippen molar-refractivity contribution in [3.05, 3.63) is 87.6 Å². The monoisotopic (exact) mass is 532 g/mol. The second kappa shape index (κ2) is 5.34. The fourth-order valence-electron chi connectivity index (χ4n) is 6.44. The molecule has 4 unspecified atom stereocenters. The van der Waals surface area contributed by atoms with Gasteiger partial charge >= 0.3 is 0 Å². The van der Waals surface area contributed by atoms with Gasteiger partial charge in [0.15, 0.2) is 0 Å². The van der Waals surface area contributed by atoms with E-state index in [4.69, 9.17) is 8.83 Å². The Kier molecular flexibility index (Phi) is 2.97. The van der Waals surface area contributed by atoms with Crippen LogP contribution in [0, 0.1) is 11.8 Å². The van der Waals surface area contributed by atoms with Crippen molar-refractivity contribution in [2.75, 3.05) is 0 Å². The van der Waals surface area contributed by atoms with Gasteiger partial charge in [0.2, 0.25) is 0 Å². The van der Waals surface area contributed by atoms with E-state index in [0.29, 0.717) is 0 Å². The fourth-order valence-corrected chi connectivity index (χ4v) is 7.64. The molecule has 3 aliphatic rings. The second-order valence-electron chi connectivity index (χ2n) is 8.81. The van der Waals surface area contributed by atoms with Gasteiger partial charge < -0.3 is 13.9 Å². The van der Waals surface area contributed by atoms with Crippen LogP contribution in [0.1, 0.15) is 28.6 Å². The molecule has 31 heavy (non-hydrogen) atoms. The molecule has 1 N–H and O–H groups in total. The Balaban J connectivity index is 1.58. The highest BCUT2D eigenvalue weighted by atomic mass is 79.9. The molecule has 8 rings (SSSR count). The van der Waals surface area contributed by atoms with E-state index in [1.54, 1.807) is 0 Å². The van der Waals surface area contributed by atoms with E-state index in [-0.39, 0.29) is 17.3 Å². The van der Waals surface area contributed by atoms with Crippen LogP contribution in [0.3, 0.4) is 0 Å². The number of para-hydroxylation sites is 2. The Morgan fingerprint density at radius 1 is 0.903 bits per heavy atom. The lowest BCUT2D eigenvalue weighted by Crippen LogP contribution is -2.16. The molecule has 1 saturated carbocycles. The summed E-state index contributed by atoms with van der Waals surface area (Å²) < 4.78 is 14.8. The van der Waals surface area contributed by atoms with Gasteiger partial charge in [-0.1, -0.05) is 58.4 Å². The normalized spacial score (nSPS) is 27.8. The number of aliphatic hydroxyl groups is 1. The number of halogens is 2. The van der Waals surface area contributed by atoms with E-state index in [2.05, 4.69) is 50.1 Å². The van der Waals surface area contributed by atoms with Gasteiger partial charge in [0, 0.05) is 38.0 Å². The third-order valence-electron chi connectivity index (χ3n) is 7.57. The Hall–Kier alpha value is -2.34. The van der Waals surface area contributed by atoms with Gasteiger partial charge in [-0.2, -0.15) is 0 Å². The van der Waals surface area contributed by atoms with Crippen LogP contribution in [0.15, 0.2) is 74.0 Å². The number of hydrogen-bond donors (Lipinski definition) is 1. The molecule has 3 aromatic carbocycles. The molecule has 4 atom stereocenters.